The van der Waals surface area contributed by atoms with Gasteiger partial charge in [-0.2, -0.15) is 0 Å². The summed E-state index contributed by atoms with van der Waals surface area (Å²) >= 11 is 0. The van der Waals surface area contributed by atoms with Gasteiger partial charge in [-0.25, -0.2) is 9.79 Å². The number of primary amides is 1. The molecule has 11 N–H and O–H groups in total. The van der Waals surface area contributed by atoms with Gasteiger partial charge in [-0.3, -0.25) is 25.2 Å². The topological polar surface area (TPSA) is 216 Å². The highest BCUT2D eigenvalue weighted by Gasteiger charge is 2.26. The molecule has 2 atom stereocenters. The number of nitrogens with zero attached hydrogens (tertiary/aromatic N) is 2. The van der Waals surface area contributed by atoms with Crippen LogP contribution in [0.2, 0.25) is 0 Å². The highest BCUT2D eigenvalue weighted by molar-refractivity contribution is 6.07. The molecule has 1 aliphatic heterocycles. The zero-order chi connectivity index (χ0) is 18.1. The monoisotopic (exact) mass is 341 g/mol. The summed E-state index contributed by atoms with van der Waals surface area (Å²) in [6.07, 6.45) is 1.26. The Balaban J connectivity index is 2.34. The first-order valence-electron chi connectivity index (χ1n) is 7.30. The third kappa shape index (κ3) is 7.40. The van der Waals surface area contributed by atoms with Gasteiger partial charge < -0.3 is 28.3 Å². The molecule has 0 aromatic carbocycles. The van der Waals surface area contributed by atoms with Crippen LogP contribution in [0, 0.1) is 0 Å². The van der Waals surface area contributed by atoms with Crippen LogP contribution in [0.15, 0.2) is 9.98 Å². The first kappa shape index (κ1) is 19.2. The summed E-state index contributed by atoms with van der Waals surface area (Å²) in [6.45, 7) is 0.431. The van der Waals surface area contributed by atoms with E-state index < -0.39 is 18.0 Å². The van der Waals surface area contributed by atoms with Gasteiger partial charge in [-0.05, 0) is 12.8 Å². The van der Waals surface area contributed by atoms with Crippen molar-refractivity contribution >= 4 is 29.8 Å². The lowest BCUT2D eigenvalue weighted by Gasteiger charge is -2.22. The molecular weight excluding hydrogens is 318 g/mol. The lowest BCUT2D eigenvalue weighted by molar-refractivity contribution is -0.128. The molecule has 24 heavy (non-hydrogen) atoms. The standard InChI is InChI=1S/C12H23N9O3/c13-6(2-1-3-17-10(14)15)4-8(22)19-7-5-18-12(20-9(7)23)21-11(16)24/h6-7H,1-5,13H2,(H,19,22)(H4,14,15,17)(H4,16,18,20,21,23,24)/t6-,7?/m1/s1. The number of urea groups is 1. The molecule has 0 aromatic rings. The molecule has 0 fully saturated rings. The number of nitrogens with one attached hydrogen (secondary N) is 3. The number of rotatable bonds is 7. The minimum atomic E-state index is -0.844. The number of hydrogen-bond acceptors (Lipinski definition) is 6. The smallest absolute Gasteiger partial charge is 0.318 e. The summed E-state index contributed by atoms with van der Waals surface area (Å²) in [6, 6.07) is -2.05. The van der Waals surface area contributed by atoms with E-state index in [0.29, 0.717) is 19.4 Å². The molecule has 0 saturated heterocycles. The van der Waals surface area contributed by atoms with Gasteiger partial charge in [0.15, 0.2) is 5.96 Å². The number of hydrogen-bond donors (Lipinski definition) is 7. The van der Waals surface area contributed by atoms with E-state index in [1.807, 2.05) is 0 Å². The molecule has 0 aliphatic carbocycles. The molecule has 1 heterocycles. The van der Waals surface area contributed by atoms with Gasteiger partial charge in [0.1, 0.15) is 6.04 Å². The van der Waals surface area contributed by atoms with Crippen molar-refractivity contribution in [2.24, 2.45) is 32.9 Å². The predicted molar refractivity (Wildman–Crippen MR) is 87.6 cm³/mol. The van der Waals surface area contributed by atoms with Crippen molar-refractivity contribution in [3.05, 3.63) is 0 Å². The van der Waals surface area contributed by atoms with Gasteiger partial charge >= 0.3 is 6.03 Å². The summed E-state index contributed by atoms with van der Waals surface area (Å²) < 4.78 is 0. The van der Waals surface area contributed by atoms with Gasteiger partial charge in [-0.15, -0.1) is 0 Å². The maximum atomic E-state index is 11.9. The van der Waals surface area contributed by atoms with Crippen LogP contribution < -0.4 is 38.9 Å². The number of carbonyl (C=O) groups excluding carboxylic acids is 3. The van der Waals surface area contributed by atoms with Crippen LogP contribution in [0.4, 0.5) is 4.79 Å². The van der Waals surface area contributed by atoms with Crippen LogP contribution in [-0.4, -0.2) is 54.9 Å². The molecule has 0 bridgehead atoms. The van der Waals surface area contributed by atoms with Gasteiger partial charge in [0.05, 0.1) is 6.54 Å². The molecule has 0 radical (unpaired) electrons. The number of amides is 4. The van der Waals surface area contributed by atoms with Gasteiger partial charge in [-0.1, -0.05) is 0 Å². The average Bonchev–Trinajstić information content (AvgIpc) is 2.45. The minimum Gasteiger partial charge on any atom is -0.370 e. The Hall–Kier alpha value is -2.89. The fraction of sp³-hybridized carbons (Fsp3) is 0.583. The second kappa shape index (κ2) is 9.29. The van der Waals surface area contributed by atoms with Crippen molar-refractivity contribution in [2.45, 2.75) is 31.3 Å². The number of guanidine groups is 2. The van der Waals surface area contributed by atoms with Crippen LogP contribution in [0.25, 0.3) is 0 Å². The Morgan fingerprint density at radius 3 is 2.67 bits per heavy atom. The highest BCUT2D eigenvalue weighted by atomic mass is 16.2. The Kier molecular flexibility index (Phi) is 7.42. The third-order valence-corrected chi connectivity index (χ3v) is 3.04. The SMILES string of the molecule is NC(=O)NC1=NCC(NC(=O)C[C@H](N)CCCN=C(N)N)C(=O)N1. The first-order valence-corrected chi connectivity index (χ1v) is 7.30. The normalized spacial score (nSPS) is 18.0. The number of nitrogens with two attached hydrogens (primary N) is 4. The van der Waals surface area contributed by atoms with E-state index in [4.69, 9.17) is 22.9 Å². The van der Waals surface area contributed by atoms with Crippen molar-refractivity contribution in [1.82, 2.24) is 16.0 Å². The van der Waals surface area contributed by atoms with Crippen molar-refractivity contribution in [1.29, 1.82) is 0 Å². The number of aliphatic imine (C=N–C) groups is 2. The zero-order valence-corrected chi connectivity index (χ0v) is 13.1. The van der Waals surface area contributed by atoms with Crippen LogP contribution in [0.3, 0.4) is 0 Å². The molecule has 0 saturated carbocycles. The zero-order valence-electron chi connectivity index (χ0n) is 13.1. The Labute approximate surface area is 138 Å². The summed E-state index contributed by atoms with van der Waals surface area (Å²) in [7, 11) is 0. The summed E-state index contributed by atoms with van der Waals surface area (Å²) in [4.78, 5) is 42.1. The van der Waals surface area contributed by atoms with E-state index in [1.54, 1.807) is 0 Å². The summed E-state index contributed by atoms with van der Waals surface area (Å²) in [5.74, 6) is -0.903. The van der Waals surface area contributed by atoms with E-state index in [1.165, 1.54) is 0 Å². The summed E-state index contributed by atoms with van der Waals surface area (Å²) in [5.41, 5.74) is 21.2. The quantitative estimate of drug-likeness (QED) is 0.141. The van der Waals surface area contributed by atoms with Crippen LogP contribution in [0.1, 0.15) is 19.3 Å². The molecule has 0 aromatic heterocycles. The fourth-order valence-corrected chi connectivity index (χ4v) is 1.96. The Morgan fingerprint density at radius 2 is 2.08 bits per heavy atom. The fourth-order valence-electron chi connectivity index (χ4n) is 1.96. The first-order chi connectivity index (χ1) is 11.3. The molecule has 4 amide bonds. The van der Waals surface area contributed by atoms with Crippen molar-refractivity contribution in [3.8, 4) is 0 Å². The third-order valence-electron chi connectivity index (χ3n) is 3.04. The van der Waals surface area contributed by atoms with Crippen LogP contribution in [0.5, 0.6) is 0 Å². The molecule has 1 rings (SSSR count). The average molecular weight is 341 g/mol. The molecular formula is C12H23N9O3. The molecule has 0 spiro atoms. The molecule has 12 heteroatoms. The molecule has 12 nitrogen and oxygen atoms in total. The maximum absolute atomic E-state index is 11.9. The second-order valence-corrected chi connectivity index (χ2v) is 5.20. The predicted octanol–water partition coefficient (Wildman–Crippen LogP) is -3.60. The molecule has 134 valence electrons. The lowest BCUT2D eigenvalue weighted by atomic mass is 10.1. The minimum absolute atomic E-state index is 0.00703. The second-order valence-electron chi connectivity index (χ2n) is 5.20. The lowest BCUT2D eigenvalue weighted by Crippen LogP contribution is -2.58. The van der Waals surface area contributed by atoms with Gasteiger partial charge in [0.2, 0.25) is 11.9 Å². The Morgan fingerprint density at radius 1 is 1.38 bits per heavy atom. The number of carbonyl (C=O) groups is 3. The molecule has 1 aliphatic rings. The van der Waals surface area contributed by atoms with Gasteiger partial charge in [0, 0.05) is 19.0 Å². The van der Waals surface area contributed by atoms with Crippen molar-refractivity contribution < 1.29 is 14.4 Å². The Bertz CT molecular complexity index is 542. The van der Waals surface area contributed by atoms with E-state index in [-0.39, 0.29) is 36.8 Å². The largest absolute Gasteiger partial charge is 0.370 e. The highest BCUT2D eigenvalue weighted by Crippen LogP contribution is 2.01. The summed E-state index contributed by atoms with van der Waals surface area (Å²) in [5, 5.41) is 7.01. The molecule has 1 unspecified atom stereocenters. The maximum Gasteiger partial charge on any atom is 0.318 e. The van der Waals surface area contributed by atoms with E-state index in [2.05, 4.69) is 25.9 Å². The van der Waals surface area contributed by atoms with Crippen molar-refractivity contribution in [2.75, 3.05) is 13.1 Å². The van der Waals surface area contributed by atoms with Gasteiger partial charge in [0.25, 0.3) is 5.91 Å². The van der Waals surface area contributed by atoms with Crippen molar-refractivity contribution in [3.63, 3.8) is 0 Å². The van der Waals surface area contributed by atoms with E-state index >= 15 is 0 Å². The van der Waals surface area contributed by atoms with Crippen LogP contribution >= 0.6 is 0 Å². The van der Waals surface area contributed by atoms with E-state index in [0.717, 1.165) is 0 Å². The van der Waals surface area contributed by atoms with E-state index in [9.17, 15) is 14.4 Å². The van der Waals surface area contributed by atoms with Crippen LogP contribution in [-0.2, 0) is 9.59 Å².